The van der Waals surface area contributed by atoms with E-state index in [1.807, 2.05) is 0 Å². The SMILES string of the molecule is O=C(CN1CCCn2nc(C(=O)O)cc2C1=O)Nc1ccc(Br)cc1F. The molecule has 1 aliphatic rings. The van der Waals surface area contributed by atoms with Gasteiger partial charge in [-0.3, -0.25) is 14.3 Å². The summed E-state index contributed by atoms with van der Waals surface area (Å²) in [6.45, 7) is 0.399. The minimum Gasteiger partial charge on any atom is -0.476 e. The second kappa shape index (κ2) is 7.24. The van der Waals surface area contributed by atoms with Gasteiger partial charge < -0.3 is 15.3 Å². The number of hydrogen-bond acceptors (Lipinski definition) is 4. The predicted molar refractivity (Wildman–Crippen MR) is 92.4 cm³/mol. The summed E-state index contributed by atoms with van der Waals surface area (Å²) in [5.41, 5.74) is -0.0993. The third kappa shape index (κ3) is 3.74. The Hall–Kier alpha value is -2.75. The highest BCUT2D eigenvalue weighted by Crippen LogP contribution is 2.20. The summed E-state index contributed by atoms with van der Waals surface area (Å²) in [6, 6.07) is 5.41. The zero-order chi connectivity index (χ0) is 18.8. The Morgan fingerprint density at radius 3 is 2.77 bits per heavy atom. The molecule has 2 amide bonds. The Bertz CT molecular complexity index is 898. The van der Waals surface area contributed by atoms with E-state index >= 15 is 0 Å². The van der Waals surface area contributed by atoms with Crippen LogP contribution in [-0.2, 0) is 11.3 Å². The number of hydrogen-bond donors (Lipinski definition) is 2. The van der Waals surface area contributed by atoms with Crippen LogP contribution < -0.4 is 5.32 Å². The highest BCUT2D eigenvalue weighted by Gasteiger charge is 2.27. The zero-order valence-corrected chi connectivity index (χ0v) is 15.0. The molecule has 3 rings (SSSR count). The van der Waals surface area contributed by atoms with E-state index in [2.05, 4.69) is 26.3 Å². The summed E-state index contributed by atoms with van der Waals surface area (Å²) < 4.78 is 15.7. The molecule has 10 heteroatoms. The van der Waals surface area contributed by atoms with Gasteiger partial charge in [0.05, 0.1) is 5.69 Å². The van der Waals surface area contributed by atoms with Crippen LogP contribution in [0.2, 0.25) is 0 Å². The number of aryl methyl sites for hydroxylation is 1. The smallest absolute Gasteiger partial charge is 0.356 e. The molecule has 0 saturated heterocycles. The Balaban J connectivity index is 1.73. The number of nitrogens with one attached hydrogen (secondary N) is 1. The van der Waals surface area contributed by atoms with Crippen LogP contribution in [-0.4, -0.2) is 50.7 Å². The molecule has 0 fully saturated rings. The number of fused-ring (bicyclic) bond motifs is 1. The lowest BCUT2D eigenvalue weighted by Crippen LogP contribution is -2.38. The lowest BCUT2D eigenvalue weighted by molar-refractivity contribution is -0.116. The van der Waals surface area contributed by atoms with E-state index in [0.29, 0.717) is 24.0 Å². The van der Waals surface area contributed by atoms with Gasteiger partial charge in [-0.1, -0.05) is 15.9 Å². The molecule has 2 N–H and O–H groups in total. The molecule has 2 heterocycles. The van der Waals surface area contributed by atoms with Crippen molar-refractivity contribution in [3.05, 3.63) is 45.9 Å². The number of anilines is 1. The lowest BCUT2D eigenvalue weighted by Gasteiger charge is -2.19. The van der Waals surface area contributed by atoms with Crippen LogP contribution in [0.4, 0.5) is 10.1 Å². The first-order valence-electron chi connectivity index (χ1n) is 7.70. The largest absolute Gasteiger partial charge is 0.476 e. The Labute approximate surface area is 155 Å². The fraction of sp³-hybridized carbons (Fsp3) is 0.250. The van der Waals surface area contributed by atoms with Gasteiger partial charge >= 0.3 is 5.97 Å². The summed E-state index contributed by atoms with van der Waals surface area (Å²) in [4.78, 5) is 37.1. The van der Waals surface area contributed by atoms with Crippen molar-refractivity contribution in [2.75, 3.05) is 18.4 Å². The number of amides is 2. The predicted octanol–water partition coefficient (Wildman–Crippen LogP) is 1.97. The van der Waals surface area contributed by atoms with Crippen LogP contribution in [0.15, 0.2) is 28.7 Å². The molecular formula is C16H14BrFN4O4. The third-order valence-electron chi connectivity index (χ3n) is 3.84. The molecule has 2 aromatic rings. The van der Waals surface area contributed by atoms with Crippen molar-refractivity contribution in [3.8, 4) is 0 Å². The Morgan fingerprint density at radius 1 is 1.31 bits per heavy atom. The van der Waals surface area contributed by atoms with E-state index in [1.54, 1.807) is 6.07 Å². The summed E-state index contributed by atoms with van der Waals surface area (Å²) in [7, 11) is 0. The molecular weight excluding hydrogens is 411 g/mol. The van der Waals surface area contributed by atoms with E-state index in [-0.39, 0.29) is 23.6 Å². The fourth-order valence-electron chi connectivity index (χ4n) is 2.64. The average molecular weight is 425 g/mol. The number of carbonyl (C=O) groups excluding carboxylic acids is 2. The molecule has 0 unspecified atom stereocenters. The highest BCUT2D eigenvalue weighted by molar-refractivity contribution is 9.10. The number of carboxylic acids is 1. The van der Waals surface area contributed by atoms with Gasteiger partial charge in [-0.25, -0.2) is 9.18 Å². The van der Waals surface area contributed by atoms with Gasteiger partial charge in [-0.15, -0.1) is 0 Å². The molecule has 0 atom stereocenters. The van der Waals surface area contributed by atoms with Crippen molar-refractivity contribution in [3.63, 3.8) is 0 Å². The maximum Gasteiger partial charge on any atom is 0.356 e. The molecule has 136 valence electrons. The van der Waals surface area contributed by atoms with E-state index in [1.165, 1.54) is 27.8 Å². The number of carbonyl (C=O) groups is 3. The van der Waals surface area contributed by atoms with Crippen LogP contribution in [0, 0.1) is 5.82 Å². The Morgan fingerprint density at radius 2 is 2.08 bits per heavy atom. The van der Waals surface area contributed by atoms with Crippen LogP contribution in [0.3, 0.4) is 0 Å². The molecule has 0 saturated carbocycles. The van der Waals surface area contributed by atoms with Crippen molar-refractivity contribution < 1.29 is 23.9 Å². The minimum atomic E-state index is -1.23. The molecule has 0 spiro atoms. The maximum atomic E-state index is 13.8. The van der Waals surface area contributed by atoms with E-state index < -0.39 is 23.6 Å². The van der Waals surface area contributed by atoms with Crippen LogP contribution >= 0.6 is 15.9 Å². The highest BCUT2D eigenvalue weighted by atomic mass is 79.9. The van der Waals surface area contributed by atoms with E-state index in [9.17, 15) is 18.8 Å². The second-order valence-electron chi connectivity index (χ2n) is 5.70. The van der Waals surface area contributed by atoms with Crippen molar-refractivity contribution in [2.24, 2.45) is 0 Å². The minimum absolute atomic E-state index is 0.0127. The van der Waals surface area contributed by atoms with Gasteiger partial charge in [0.2, 0.25) is 5.91 Å². The zero-order valence-electron chi connectivity index (χ0n) is 13.4. The van der Waals surface area contributed by atoms with Crippen molar-refractivity contribution in [2.45, 2.75) is 13.0 Å². The number of rotatable bonds is 4. The second-order valence-corrected chi connectivity index (χ2v) is 6.61. The maximum absolute atomic E-state index is 13.8. The summed E-state index contributed by atoms with van der Waals surface area (Å²) in [6.07, 6.45) is 0.513. The Kier molecular flexibility index (Phi) is 5.03. The summed E-state index contributed by atoms with van der Waals surface area (Å²) in [5.74, 6) is -2.87. The molecule has 1 aromatic carbocycles. The van der Waals surface area contributed by atoms with Gasteiger partial charge in [0.25, 0.3) is 5.91 Å². The van der Waals surface area contributed by atoms with Gasteiger partial charge in [-0.05, 0) is 24.6 Å². The molecule has 0 radical (unpaired) electrons. The van der Waals surface area contributed by atoms with E-state index in [0.717, 1.165) is 0 Å². The molecule has 1 aliphatic heterocycles. The first-order chi connectivity index (χ1) is 12.3. The van der Waals surface area contributed by atoms with Crippen molar-refractivity contribution >= 4 is 39.4 Å². The summed E-state index contributed by atoms with van der Waals surface area (Å²) >= 11 is 3.13. The van der Waals surface area contributed by atoms with Crippen LogP contribution in [0.1, 0.15) is 27.4 Å². The molecule has 26 heavy (non-hydrogen) atoms. The monoisotopic (exact) mass is 424 g/mol. The van der Waals surface area contributed by atoms with Gasteiger partial charge in [0.15, 0.2) is 5.69 Å². The third-order valence-corrected chi connectivity index (χ3v) is 4.34. The molecule has 8 nitrogen and oxygen atoms in total. The number of carboxylic acid groups (broad SMARTS) is 1. The lowest BCUT2D eigenvalue weighted by atomic mass is 10.3. The number of benzene rings is 1. The topological polar surface area (TPSA) is 105 Å². The van der Waals surface area contributed by atoms with Crippen LogP contribution in [0.5, 0.6) is 0 Å². The number of aromatic nitrogens is 2. The quantitative estimate of drug-likeness (QED) is 0.780. The first kappa shape index (κ1) is 18.1. The average Bonchev–Trinajstić information content (AvgIpc) is 2.95. The number of aromatic carboxylic acids is 1. The molecule has 1 aromatic heterocycles. The normalized spacial score (nSPS) is 13.9. The van der Waals surface area contributed by atoms with E-state index in [4.69, 9.17) is 5.11 Å². The standard InChI is InChI=1S/C16H14BrFN4O4/c17-9-2-3-11(10(18)6-9)19-14(23)8-21-4-1-5-22-13(15(21)24)7-12(20-22)16(25)26/h2-3,6-7H,1,4-5,8H2,(H,19,23)(H,25,26). The summed E-state index contributed by atoms with van der Waals surface area (Å²) in [5, 5.41) is 15.3. The molecule has 0 bridgehead atoms. The van der Waals surface area contributed by atoms with Crippen LogP contribution in [0.25, 0.3) is 0 Å². The number of nitrogens with zero attached hydrogens (tertiary/aromatic N) is 3. The first-order valence-corrected chi connectivity index (χ1v) is 8.50. The van der Waals surface area contributed by atoms with Crippen molar-refractivity contribution in [1.82, 2.24) is 14.7 Å². The number of halogens is 2. The van der Waals surface area contributed by atoms with Gasteiger partial charge in [0, 0.05) is 23.6 Å². The van der Waals surface area contributed by atoms with Crippen molar-refractivity contribution in [1.29, 1.82) is 0 Å². The molecule has 0 aliphatic carbocycles. The van der Waals surface area contributed by atoms with Gasteiger partial charge in [0.1, 0.15) is 18.1 Å². The van der Waals surface area contributed by atoms with Gasteiger partial charge in [-0.2, -0.15) is 5.10 Å². The fourth-order valence-corrected chi connectivity index (χ4v) is 2.98.